The van der Waals surface area contributed by atoms with E-state index in [0.717, 1.165) is 29.3 Å². The molecule has 190 valence electrons. The number of carbonyl (C=O) groups excluding carboxylic acids is 2. The summed E-state index contributed by atoms with van der Waals surface area (Å²) in [5, 5.41) is 44.8. The van der Waals surface area contributed by atoms with Gasteiger partial charge in [0.05, 0.1) is 0 Å². The first-order valence-electron chi connectivity index (χ1n) is 11.7. The van der Waals surface area contributed by atoms with Crippen LogP contribution in [0.15, 0.2) is 60.7 Å². The quantitative estimate of drug-likeness (QED) is 0.266. The summed E-state index contributed by atoms with van der Waals surface area (Å²) in [6, 6.07) is 17.4. The molecule has 5 rings (SSSR count). The van der Waals surface area contributed by atoms with Gasteiger partial charge in [-0.05, 0) is 30.4 Å². The Kier molecular flexibility index (Phi) is 7.60. The molecule has 0 spiro atoms. The number of amides is 2. The van der Waals surface area contributed by atoms with E-state index in [1.54, 1.807) is 48.5 Å². The van der Waals surface area contributed by atoms with Crippen molar-refractivity contribution in [2.45, 2.75) is 43.3 Å². The zero-order chi connectivity index (χ0) is 25.8. The van der Waals surface area contributed by atoms with Crippen LogP contribution in [0.5, 0.6) is 0 Å². The highest BCUT2D eigenvalue weighted by Gasteiger charge is 2.32. The van der Waals surface area contributed by atoms with Gasteiger partial charge in [0.1, 0.15) is 10.0 Å². The highest BCUT2D eigenvalue weighted by atomic mass is 32.1. The highest BCUT2D eigenvalue weighted by Crippen LogP contribution is 2.45. The molecule has 0 saturated heterocycles. The minimum Gasteiger partial charge on any atom is -0.378 e. The number of nitrogens with one attached hydrogen (secondary N) is 2. The second-order valence-corrected chi connectivity index (χ2v) is 10.7. The lowest BCUT2D eigenvalue weighted by atomic mass is 10.1. The lowest BCUT2D eigenvalue weighted by molar-refractivity contribution is -0.124. The Morgan fingerprint density at radius 3 is 1.51 bits per heavy atom. The maximum atomic E-state index is 12.4. The van der Waals surface area contributed by atoms with Crippen molar-refractivity contribution in [3.63, 3.8) is 0 Å². The Hall–Kier alpha value is -3.58. The molecule has 2 heterocycles. The second kappa shape index (κ2) is 11.2. The largest absolute Gasteiger partial charge is 0.378 e. The van der Waals surface area contributed by atoms with Crippen LogP contribution in [-0.2, 0) is 9.59 Å². The zero-order valence-electron chi connectivity index (χ0n) is 19.5. The van der Waals surface area contributed by atoms with Gasteiger partial charge in [0, 0.05) is 11.8 Å². The van der Waals surface area contributed by atoms with Gasteiger partial charge in [0.2, 0.25) is 10.3 Å². The third-order valence-corrected chi connectivity index (χ3v) is 8.20. The molecule has 0 unspecified atom stereocenters. The molecule has 1 aliphatic carbocycles. The molecule has 0 radical (unpaired) electrons. The third kappa shape index (κ3) is 5.88. The SMILES string of the molecule is O=C(Nc1nnc([C@H]2CC[C@H](c3nnc(NC(=O)[C@@H](O)c4ccccc4)s3)C2)s1)[C@@H](O)c1ccccc1. The lowest BCUT2D eigenvalue weighted by Crippen LogP contribution is -2.20. The van der Waals surface area contributed by atoms with Crippen LogP contribution in [0.2, 0.25) is 0 Å². The summed E-state index contributed by atoms with van der Waals surface area (Å²) in [5.41, 5.74) is 1.01. The number of hydrogen-bond donors (Lipinski definition) is 4. The summed E-state index contributed by atoms with van der Waals surface area (Å²) in [6.45, 7) is 0. The van der Waals surface area contributed by atoms with Gasteiger partial charge in [-0.15, -0.1) is 20.4 Å². The fourth-order valence-electron chi connectivity index (χ4n) is 4.25. The van der Waals surface area contributed by atoms with Gasteiger partial charge in [0.15, 0.2) is 12.2 Å². The molecule has 1 aliphatic rings. The molecule has 1 saturated carbocycles. The lowest BCUT2D eigenvalue weighted by Gasteiger charge is -2.09. The van der Waals surface area contributed by atoms with E-state index in [9.17, 15) is 19.8 Å². The van der Waals surface area contributed by atoms with Gasteiger partial charge in [-0.25, -0.2) is 0 Å². The fourth-order valence-corrected chi connectivity index (χ4v) is 6.04. The van der Waals surface area contributed by atoms with Gasteiger partial charge in [-0.3, -0.25) is 20.2 Å². The van der Waals surface area contributed by atoms with Crippen LogP contribution in [-0.4, -0.2) is 42.4 Å². The van der Waals surface area contributed by atoms with Crippen molar-refractivity contribution in [3.8, 4) is 0 Å². The molecular formula is C25H24N6O4S2. The number of aromatic nitrogens is 4. The minimum absolute atomic E-state index is 0.161. The van der Waals surface area contributed by atoms with Crippen LogP contribution in [0.25, 0.3) is 0 Å². The van der Waals surface area contributed by atoms with E-state index in [0.29, 0.717) is 21.4 Å². The Morgan fingerprint density at radius 1 is 0.703 bits per heavy atom. The van der Waals surface area contributed by atoms with Gasteiger partial charge >= 0.3 is 0 Å². The molecule has 37 heavy (non-hydrogen) atoms. The predicted molar refractivity (Wildman–Crippen MR) is 139 cm³/mol. The first-order chi connectivity index (χ1) is 18.0. The monoisotopic (exact) mass is 536 g/mol. The van der Waals surface area contributed by atoms with Crippen molar-refractivity contribution in [1.82, 2.24) is 20.4 Å². The van der Waals surface area contributed by atoms with Crippen molar-refractivity contribution in [1.29, 1.82) is 0 Å². The molecule has 4 N–H and O–H groups in total. The van der Waals surface area contributed by atoms with Crippen LogP contribution >= 0.6 is 22.7 Å². The van der Waals surface area contributed by atoms with E-state index in [1.807, 2.05) is 12.1 Å². The molecule has 1 fully saturated rings. The molecule has 2 amide bonds. The van der Waals surface area contributed by atoms with E-state index in [1.165, 1.54) is 22.7 Å². The molecule has 12 heteroatoms. The van der Waals surface area contributed by atoms with Crippen molar-refractivity contribution < 1.29 is 19.8 Å². The number of carbonyl (C=O) groups is 2. The van der Waals surface area contributed by atoms with Crippen molar-refractivity contribution in [3.05, 3.63) is 81.8 Å². The second-order valence-electron chi connectivity index (χ2n) is 8.70. The summed E-state index contributed by atoms with van der Waals surface area (Å²) in [5.74, 6) is -0.791. The van der Waals surface area contributed by atoms with E-state index >= 15 is 0 Å². The Bertz CT molecular complexity index is 1260. The number of aliphatic hydroxyl groups is 2. The van der Waals surface area contributed by atoms with Crippen molar-refractivity contribution >= 4 is 44.8 Å². The zero-order valence-corrected chi connectivity index (χ0v) is 21.2. The summed E-state index contributed by atoms with van der Waals surface area (Å²) >= 11 is 2.60. The normalized spacial score (nSPS) is 18.8. The van der Waals surface area contributed by atoms with E-state index < -0.39 is 24.0 Å². The first-order valence-corrected chi connectivity index (χ1v) is 13.4. The minimum atomic E-state index is -1.29. The topological polar surface area (TPSA) is 150 Å². The molecule has 2 aromatic heterocycles. The van der Waals surface area contributed by atoms with Crippen LogP contribution in [0.4, 0.5) is 10.3 Å². The molecule has 0 aliphatic heterocycles. The van der Waals surface area contributed by atoms with E-state index in [2.05, 4.69) is 31.0 Å². The number of hydrogen-bond acceptors (Lipinski definition) is 10. The summed E-state index contributed by atoms with van der Waals surface area (Å²) in [6.07, 6.45) is -0.0118. The molecule has 4 aromatic rings. The summed E-state index contributed by atoms with van der Waals surface area (Å²) in [4.78, 5) is 24.8. The van der Waals surface area contributed by atoms with Gasteiger partial charge < -0.3 is 10.2 Å². The molecule has 2 aromatic carbocycles. The number of anilines is 2. The Balaban J connectivity index is 1.16. The van der Waals surface area contributed by atoms with Crippen LogP contribution in [0.3, 0.4) is 0 Å². The summed E-state index contributed by atoms with van der Waals surface area (Å²) in [7, 11) is 0. The smallest absolute Gasteiger partial charge is 0.259 e. The Labute approximate surface area is 220 Å². The van der Waals surface area contributed by atoms with Crippen molar-refractivity contribution in [2.75, 3.05) is 10.6 Å². The van der Waals surface area contributed by atoms with E-state index in [-0.39, 0.29) is 11.8 Å². The van der Waals surface area contributed by atoms with Crippen LogP contribution < -0.4 is 10.6 Å². The van der Waals surface area contributed by atoms with Crippen LogP contribution in [0, 0.1) is 0 Å². The first kappa shape index (κ1) is 25.1. The average Bonchev–Trinajstić information content (AvgIpc) is 3.70. The number of benzene rings is 2. The predicted octanol–water partition coefficient (Wildman–Crippen LogP) is 3.79. The summed E-state index contributed by atoms with van der Waals surface area (Å²) < 4.78 is 0. The molecule has 10 nitrogen and oxygen atoms in total. The van der Waals surface area contributed by atoms with E-state index in [4.69, 9.17) is 0 Å². The average molecular weight is 537 g/mol. The molecule has 0 bridgehead atoms. The number of nitrogens with zero attached hydrogens (tertiary/aromatic N) is 4. The van der Waals surface area contributed by atoms with Crippen LogP contribution in [0.1, 0.15) is 64.4 Å². The fraction of sp³-hybridized carbons (Fsp3) is 0.280. The van der Waals surface area contributed by atoms with Gasteiger partial charge in [0.25, 0.3) is 11.8 Å². The maximum absolute atomic E-state index is 12.4. The Morgan fingerprint density at radius 2 is 1.11 bits per heavy atom. The maximum Gasteiger partial charge on any atom is 0.259 e. The number of aliphatic hydroxyl groups excluding tert-OH is 2. The standard InChI is InChI=1S/C25H24N6O4S2/c32-18(14-7-3-1-4-8-14)20(34)26-24-30-28-22(36-24)16-11-12-17(13-16)23-29-31-25(37-23)27-21(35)19(33)15-9-5-2-6-10-15/h1-10,16-19,32-33H,11-13H2,(H,26,30,34)(H,27,31,35)/t16-,17-,18-,19-/m0/s1. The molecular weight excluding hydrogens is 512 g/mol. The van der Waals surface area contributed by atoms with Crippen molar-refractivity contribution in [2.24, 2.45) is 0 Å². The van der Waals surface area contributed by atoms with Gasteiger partial charge in [-0.2, -0.15) is 0 Å². The number of rotatable bonds is 8. The highest BCUT2D eigenvalue weighted by molar-refractivity contribution is 7.15. The third-order valence-electron chi connectivity index (χ3n) is 6.20. The van der Waals surface area contributed by atoms with Gasteiger partial charge in [-0.1, -0.05) is 83.3 Å². The molecule has 4 atom stereocenters.